The van der Waals surface area contributed by atoms with Crippen molar-refractivity contribution in [3.8, 4) is 11.1 Å². The lowest BCUT2D eigenvalue weighted by atomic mass is 9.95. The number of hydrazine groups is 1. The molecule has 0 aliphatic heterocycles. The molecular weight excluding hydrogens is 406 g/mol. The first-order valence-corrected chi connectivity index (χ1v) is 9.85. The average molecular weight is 432 g/mol. The van der Waals surface area contributed by atoms with Gasteiger partial charge in [0.1, 0.15) is 0 Å². The smallest absolute Gasteiger partial charge is 0.306 e. The summed E-state index contributed by atoms with van der Waals surface area (Å²) < 4.78 is 0. The van der Waals surface area contributed by atoms with Gasteiger partial charge < -0.3 is 16.2 Å². The molecule has 9 heteroatoms. The van der Waals surface area contributed by atoms with Crippen molar-refractivity contribution in [2.45, 2.75) is 32.2 Å². The van der Waals surface area contributed by atoms with E-state index in [0.717, 1.165) is 16.7 Å². The summed E-state index contributed by atoms with van der Waals surface area (Å²) in [6.07, 6.45) is 1.47. The zero-order valence-electron chi connectivity index (χ0n) is 16.6. The zero-order chi connectivity index (χ0) is 22.1. The maximum Gasteiger partial charge on any atom is 0.306 e. The first kappa shape index (κ1) is 23.2. The number of carbonyl (C=O) groups excluding carboxylic acids is 1. The van der Waals surface area contributed by atoms with Gasteiger partial charge in [-0.3, -0.25) is 9.59 Å². The molecule has 7 N–H and O–H groups in total. The van der Waals surface area contributed by atoms with Crippen molar-refractivity contribution in [1.82, 2.24) is 10.9 Å². The van der Waals surface area contributed by atoms with E-state index in [1.54, 1.807) is 6.92 Å². The third kappa shape index (κ3) is 7.06. The summed E-state index contributed by atoms with van der Waals surface area (Å²) in [5.74, 6) is 2.56. The van der Waals surface area contributed by atoms with Crippen molar-refractivity contribution < 1.29 is 14.7 Å². The maximum absolute atomic E-state index is 12.1. The molecule has 0 aromatic heterocycles. The Morgan fingerprint density at radius 3 is 2.47 bits per heavy atom. The summed E-state index contributed by atoms with van der Waals surface area (Å²) >= 11 is 6.05. The van der Waals surface area contributed by atoms with Crippen LogP contribution in [0.15, 0.2) is 53.6 Å². The van der Waals surface area contributed by atoms with Crippen LogP contribution in [-0.4, -0.2) is 28.9 Å². The van der Waals surface area contributed by atoms with Crippen LogP contribution in [0.4, 0.5) is 0 Å². The molecule has 2 aromatic carbocycles. The van der Waals surface area contributed by atoms with Gasteiger partial charge in [-0.25, -0.2) is 11.4 Å². The number of amides is 1. The third-order valence-corrected chi connectivity index (χ3v) is 4.94. The number of hydrogen-bond donors (Lipinski definition) is 5. The molecule has 160 valence electrons. The summed E-state index contributed by atoms with van der Waals surface area (Å²) in [7, 11) is 0. The average Bonchev–Trinajstić information content (AvgIpc) is 2.72. The number of benzene rings is 2. The van der Waals surface area contributed by atoms with E-state index in [2.05, 4.69) is 10.4 Å². The summed E-state index contributed by atoms with van der Waals surface area (Å²) in [5, 5.41) is 16.1. The van der Waals surface area contributed by atoms with Crippen LogP contribution in [0.5, 0.6) is 0 Å². The zero-order valence-corrected chi connectivity index (χ0v) is 17.4. The number of hydrazone groups is 1. The summed E-state index contributed by atoms with van der Waals surface area (Å²) in [6, 6.07) is 15.2. The Morgan fingerprint density at radius 1 is 1.17 bits per heavy atom. The maximum atomic E-state index is 12.1. The lowest BCUT2D eigenvalue weighted by Crippen LogP contribution is -2.44. The Labute approximate surface area is 180 Å². The number of aryl methyl sites for hydroxylation is 1. The van der Waals surface area contributed by atoms with Gasteiger partial charge in [-0.15, -0.1) is 5.10 Å². The second-order valence-corrected chi connectivity index (χ2v) is 7.45. The van der Waals surface area contributed by atoms with Crippen LogP contribution < -0.4 is 22.4 Å². The molecule has 0 saturated heterocycles. The molecule has 0 radical (unpaired) electrons. The van der Waals surface area contributed by atoms with Crippen molar-refractivity contribution in [3.05, 3.63) is 59.1 Å². The number of aliphatic carboxylic acids is 1. The first-order chi connectivity index (χ1) is 14.3. The number of nitrogens with two attached hydrogens (primary N) is 2. The molecule has 0 heterocycles. The highest BCUT2D eigenvalue weighted by Gasteiger charge is 2.21. The Hall–Kier alpha value is -3.10. The lowest BCUT2D eigenvalue weighted by Gasteiger charge is -2.20. The Morgan fingerprint density at radius 2 is 1.87 bits per heavy atom. The second-order valence-electron chi connectivity index (χ2n) is 7.02. The van der Waals surface area contributed by atoms with Crippen molar-refractivity contribution in [3.63, 3.8) is 0 Å². The molecule has 0 aliphatic carbocycles. The predicted molar refractivity (Wildman–Crippen MR) is 118 cm³/mol. The van der Waals surface area contributed by atoms with E-state index in [-0.39, 0.29) is 18.3 Å². The number of carboxylic acid groups (broad SMARTS) is 1. The van der Waals surface area contributed by atoms with E-state index in [1.165, 1.54) is 0 Å². The van der Waals surface area contributed by atoms with Gasteiger partial charge in [0, 0.05) is 11.1 Å². The molecule has 0 spiro atoms. The Bertz CT molecular complexity index is 902. The molecule has 0 aliphatic rings. The van der Waals surface area contributed by atoms with Crippen LogP contribution >= 0.6 is 11.6 Å². The standard InChI is InChI=1S/C21H26ClN5O3/c1-13(21(29)30)11-18(25-20(28)19(23)26-27-24)10-7-14-5-8-15(9-6-14)16-3-2-4-17(22)12-16/h2-6,8-9,12-13,18,27H,7,10-11,24H2,1H3,(H2,23,26)(H,25,28)(H,29,30)/t13-,18+/m0/s1. The normalized spacial score (nSPS) is 13.4. The molecule has 1 amide bonds. The highest BCUT2D eigenvalue weighted by atomic mass is 35.5. The number of carboxylic acids is 1. The number of rotatable bonds is 9. The molecule has 8 nitrogen and oxygen atoms in total. The molecule has 2 atom stereocenters. The van der Waals surface area contributed by atoms with Gasteiger partial charge in [-0.1, -0.05) is 54.9 Å². The van der Waals surface area contributed by atoms with Crippen LogP contribution in [0.3, 0.4) is 0 Å². The molecule has 0 saturated carbocycles. The molecule has 2 rings (SSSR count). The van der Waals surface area contributed by atoms with E-state index < -0.39 is 17.8 Å². The molecule has 30 heavy (non-hydrogen) atoms. The van der Waals surface area contributed by atoms with Gasteiger partial charge in [0.25, 0.3) is 5.91 Å². The fourth-order valence-corrected chi connectivity index (χ4v) is 3.22. The number of hydrogen-bond acceptors (Lipinski definition) is 5. The van der Waals surface area contributed by atoms with Crippen LogP contribution in [-0.2, 0) is 16.0 Å². The quantitative estimate of drug-likeness (QED) is 0.178. The topological polar surface area (TPSA) is 143 Å². The number of halogens is 1. The van der Waals surface area contributed by atoms with Crippen LogP contribution in [0.25, 0.3) is 11.1 Å². The minimum atomic E-state index is -0.926. The molecule has 0 bridgehead atoms. The van der Waals surface area contributed by atoms with E-state index in [9.17, 15) is 14.7 Å². The third-order valence-electron chi connectivity index (χ3n) is 4.71. The number of nitrogens with zero attached hydrogens (tertiary/aromatic N) is 1. The molecular formula is C21H26ClN5O3. The highest BCUT2D eigenvalue weighted by Crippen LogP contribution is 2.23. The highest BCUT2D eigenvalue weighted by molar-refractivity contribution is 6.37. The lowest BCUT2D eigenvalue weighted by molar-refractivity contribution is -0.141. The summed E-state index contributed by atoms with van der Waals surface area (Å²) in [5.41, 5.74) is 10.6. The van der Waals surface area contributed by atoms with E-state index >= 15 is 0 Å². The summed E-state index contributed by atoms with van der Waals surface area (Å²) in [6.45, 7) is 1.60. The van der Waals surface area contributed by atoms with Gasteiger partial charge in [0.05, 0.1) is 5.92 Å². The van der Waals surface area contributed by atoms with E-state index in [4.69, 9.17) is 23.2 Å². The number of amidine groups is 1. The van der Waals surface area contributed by atoms with Crippen molar-refractivity contribution in [2.75, 3.05) is 0 Å². The minimum absolute atomic E-state index is 0.269. The van der Waals surface area contributed by atoms with Crippen molar-refractivity contribution in [1.29, 1.82) is 0 Å². The fourth-order valence-electron chi connectivity index (χ4n) is 3.03. The monoisotopic (exact) mass is 431 g/mol. The first-order valence-electron chi connectivity index (χ1n) is 9.47. The van der Waals surface area contributed by atoms with Crippen LogP contribution in [0.1, 0.15) is 25.3 Å². The van der Waals surface area contributed by atoms with Gasteiger partial charge in [0.2, 0.25) is 5.84 Å². The number of nitrogens with one attached hydrogen (secondary N) is 2. The molecule has 0 unspecified atom stereocenters. The van der Waals surface area contributed by atoms with Gasteiger partial charge in [0.15, 0.2) is 0 Å². The Balaban J connectivity index is 2.05. The van der Waals surface area contributed by atoms with Crippen LogP contribution in [0, 0.1) is 5.92 Å². The predicted octanol–water partition coefficient (Wildman–Crippen LogP) is 2.27. The van der Waals surface area contributed by atoms with Gasteiger partial charge in [-0.2, -0.15) is 0 Å². The minimum Gasteiger partial charge on any atom is -0.481 e. The molecule has 0 fully saturated rings. The molecule has 2 aromatic rings. The fraction of sp³-hybridized carbons (Fsp3) is 0.286. The van der Waals surface area contributed by atoms with Crippen LogP contribution in [0.2, 0.25) is 5.02 Å². The van der Waals surface area contributed by atoms with Gasteiger partial charge >= 0.3 is 5.97 Å². The Kier molecular flexibility index (Phi) is 8.64. The number of carbonyl (C=O) groups is 2. The van der Waals surface area contributed by atoms with Crippen molar-refractivity contribution >= 4 is 29.3 Å². The second kappa shape index (κ2) is 11.2. The van der Waals surface area contributed by atoms with E-state index in [1.807, 2.05) is 54.1 Å². The van der Waals surface area contributed by atoms with E-state index in [0.29, 0.717) is 17.9 Å². The van der Waals surface area contributed by atoms with Crippen molar-refractivity contribution in [2.24, 2.45) is 22.6 Å². The largest absolute Gasteiger partial charge is 0.481 e. The SMILES string of the molecule is C[C@@H](C[C@@H](CCc1ccc(-c2cccc(Cl)c2)cc1)NC(=O)/C(N)=N/NN)C(=O)O. The van der Waals surface area contributed by atoms with Gasteiger partial charge in [-0.05, 0) is 48.1 Å². The summed E-state index contributed by atoms with van der Waals surface area (Å²) in [4.78, 5) is 23.3.